The number of likely N-dealkylation sites (tertiary alicyclic amines) is 1. The highest BCUT2D eigenvalue weighted by Gasteiger charge is 2.28. The highest BCUT2D eigenvalue weighted by Crippen LogP contribution is 2.22. The summed E-state index contributed by atoms with van der Waals surface area (Å²) in [5.41, 5.74) is 0. The zero-order valence-electron chi connectivity index (χ0n) is 17.8. The fourth-order valence-corrected chi connectivity index (χ4v) is 3.25. The van der Waals surface area contributed by atoms with E-state index in [9.17, 15) is 14.7 Å². The van der Waals surface area contributed by atoms with E-state index in [-0.39, 0.29) is 23.8 Å². The van der Waals surface area contributed by atoms with Crippen LogP contribution in [0.1, 0.15) is 78.1 Å². The zero-order valence-corrected chi connectivity index (χ0v) is 17.8. The first kappa shape index (κ1) is 24.2. The molecule has 0 saturated carbocycles. The van der Waals surface area contributed by atoms with Crippen LogP contribution in [0.5, 0.6) is 0 Å². The van der Waals surface area contributed by atoms with Crippen molar-refractivity contribution in [3.63, 3.8) is 0 Å². The first-order valence-corrected chi connectivity index (χ1v) is 10.7. The van der Waals surface area contributed by atoms with Crippen molar-refractivity contribution in [2.75, 3.05) is 13.7 Å². The Balaban J connectivity index is 2.36. The fraction of sp³-hybridized carbons (Fsp3) is 0.739. The molecule has 1 N–H and O–H groups in total. The zero-order chi connectivity index (χ0) is 20.8. The molecule has 0 aromatic carbocycles. The van der Waals surface area contributed by atoms with Crippen molar-refractivity contribution in [1.29, 1.82) is 0 Å². The summed E-state index contributed by atoms with van der Waals surface area (Å²) in [6.07, 6.45) is 11.5. The Morgan fingerprint density at radius 2 is 2.07 bits per heavy atom. The number of unbranched alkanes of at least 4 members (excludes halogenated alkanes) is 4. The van der Waals surface area contributed by atoms with Crippen LogP contribution in [0.3, 0.4) is 0 Å². The van der Waals surface area contributed by atoms with Crippen molar-refractivity contribution in [2.45, 2.75) is 90.2 Å². The maximum Gasteiger partial charge on any atom is 0.305 e. The molecule has 0 aromatic rings. The number of methoxy groups -OCH3 is 1. The Kier molecular flexibility index (Phi) is 12.3. The molecule has 1 aliphatic rings. The predicted octanol–water partition coefficient (Wildman–Crippen LogP) is 3.85. The molecule has 0 aromatic heterocycles. The van der Waals surface area contributed by atoms with Crippen LogP contribution in [0.2, 0.25) is 0 Å². The molecule has 1 fully saturated rings. The molecule has 28 heavy (non-hydrogen) atoms. The molecule has 5 nitrogen and oxygen atoms in total. The van der Waals surface area contributed by atoms with Gasteiger partial charge in [-0.3, -0.25) is 9.59 Å². The Morgan fingerprint density at radius 1 is 1.32 bits per heavy atom. The van der Waals surface area contributed by atoms with E-state index in [0.29, 0.717) is 19.3 Å². The van der Waals surface area contributed by atoms with Crippen LogP contribution in [-0.2, 0) is 14.3 Å². The van der Waals surface area contributed by atoms with Crippen molar-refractivity contribution in [2.24, 2.45) is 5.92 Å². The Morgan fingerprint density at radius 3 is 2.79 bits per heavy atom. The van der Waals surface area contributed by atoms with Gasteiger partial charge in [-0.05, 0) is 31.6 Å². The Labute approximate surface area is 170 Å². The first-order valence-electron chi connectivity index (χ1n) is 10.7. The molecule has 0 aliphatic carbocycles. The molecule has 1 amide bonds. The van der Waals surface area contributed by atoms with Crippen LogP contribution in [0.25, 0.3) is 0 Å². The van der Waals surface area contributed by atoms with Gasteiger partial charge < -0.3 is 14.7 Å². The lowest BCUT2D eigenvalue weighted by atomic mass is 9.99. The minimum absolute atomic E-state index is 0.0793. The molecule has 0 radical (unpaired) electrons. The maximum atomic E-state index is 12.2. The Bertz CT molecular complexity index is 561. The maximum absolute atomic E-state index is 12.2. The lowest BCUT2D eigenvalue weighted by Gasteiger charge is -2.23. The summed E-state index contributed by atoms with van der Waals surface area (Å²) in [7, 11) is 1.41. The average molecular weight is 392 g/mol. The van der Waals surface area contributed by atoms with Crippen LogP contribution in [0, 0.1) is 17.8 Å². The van der Waals surface area contributed by atoms with E-state index in [4.69, 9.17) is 0 Å². The molecule has 0 bridgehead atoms. The number of aliphatic hydroxyl groups is 1. The van der Waals surface area contributed by atoms with Gasteiger partial charge in [0.2, 0.25) is 5.91 Å². The normalized spacial score (nSPS) is 18.8. The number of carbonyl (C=O) groups excluding carboxylic acids is 2. The van der Waals surface area contributed by atoms with Gasteiger partial charge in [0.05, 0.1) is 19.3 Å². The van der Waals surface area contributed by atoms with Crippen LogP contribution in [0.4, 0.5) is 0 Å². The van der Waals surface area contributed by atoms with Crippen molar-refractivity contribution >= 4 is 11.9 Å². The Hall–Kier alpha value is -1.80. The van der Waals surface area contributed by atoms with E-state index >= 15 is 0 Å². The van der Waals surface area contributed by atoms with E-state index in [1.165, 1.54) is 7.11 Å². The molecule has 1 heterocycles. The number of hydrogen-bond donors (Lipinski definition) is 1. The van der Waals surface area contributed by atoms with Gasteiger partial charge in [-0.25, -0.2) is 0 Å². The lowest BCUT2D eigenvalue weighted by molar-refractivity contribution is -0.140. The minimum Gasteiger partial charge on any atom is -0.469 e. The topological polar surface area (TPSA) is 66.8 Å². The van der Waals surface area contributed by atoms with E-state index < -0.39 is 6.10 Å². The van der Waals surface area contributed by atoms with Gasteiger partial charge in [0.15, 0.2) is 0 Å². The van der Waals surface area contributed by atoms with Crippen LogP contribution in [-0.4, -0.2) is 47.7 Å². The SMILES string of the molecule is CCCC#CC[C@@H](C)[C@H](O)/C=C/[C@H]1CCC(=O)N1CCCCCCC(=O)OC. The second-order valence-corrected chi connectivity index (χ2v) is 7.59. The molecular weight excluding hydrogens is 354 g/mol. The van der Waals surface area contributed by atoms with Crippen molar-refractivity contribution in [3.8, 4) is 11.8 Å². The number of hydrogen-bond acceptors (Lipinski definition) is 4. The molecule has 0 spiro atoms. The second-order valence-electron chi connectivity index (χ2n) is 7.59. The van der Waals surface area contributed by atoms with E-state index in [1.807, 2.05) is 24.0 Å². The van der Waals surface area contributed by atoms with Gasteiger partial charge in [-0.15, -0.1) is 11.8 Å². The van der Waals surface area contributed by atoms with Gasteiger partial charge in [0.1, 0.15) is 0 Å². The summed E-state index contributed by atoms with van der Waals surface area (Å²) in [4.78, 5) is 25.2. The van der Waals surface area contributed by atoms with Crippen LogP contribution < -0.4 is 0 Å². The van der Waals surface area contributed by atoms with Gasteiger partial charge >= 0.3 is 5.97 Å². The molecule has 5 heteroatoms. The molecule has 1 saturated heterocycles. The minimum atomic E-state index is -0.535. The second kappa shape index (κ2) is 14.2. The van der Waals surface area contributed by atoms with E-state index in [1.54, 1.807) is 0 Å². The quantitative estimate of drug-likeness (QED) is 0.237. The van der Waals surface area contributed by atoms with Crippen LogP contribution >= 0.6 is 0 Å². The van der Waals surface area contributed by atoms with E-state index in [0.717, 1.165) is 51.5 Å². The third-order valence-electron chi connectivity index (χ3n) is 5.17. The summed E-state index contributed by atoms with van der Waals surface area (Å²) >= 11 is 0. The highest BCUT2D eigenvalue weighted by molar-refractivity contribution is 5.79. The summed E-state index contributed by atoms with van der Waals surface area (Å²) in [5, 5.41) is 10.3. The highest BCUT2D eigenvalue weighted by atomic mass is 16.5. The smallest absolute Gasteiger partial charge is 0.305 e. The largest absolute Gasteiger partial charge is 0.469 e. The standard InChI is InChI=1S/C23H37NO4/c1-4-5-6-9-12-19(2)21(25)16-14-20-15-17-22(26)24(20)18-11-8-7-10-13-23(27)28-3/h14,16,19-21,25H,4-5,7-8,10-13,15,17-18H2,1-3H3/b16-14+/t19-,20+,21-/m1/s1. The number of rotatable bonds is 12. The van der Waals surface area contributed by atoms with Crippen molar-refractivity contribution < 1.29 is 19.4 Å². The summed E-state index contributed by atoms with van der Waals surface area (Å²) < 4.78 is 4.63. The van der Waals surface area contributed by atoms with E-state index in [2.05, 4.69) is 23.5 Å². The number of esters is 1. The number of nitrogens with zero attached hydrogens (tertiary/aromatic N) is 1. The van der Waals surface area contributed by atoms with Gasteiger partial charge in [0, 0.05) is 32.2 Å². The monoisotopic (exact) mass is 391 g/mol. The molecule has 158 valence electrons. The third kappa shape index (κ3) is 9.41. The van der Waals surface area contributed by atoms with Gasteiger partial charge in [0.25, 0.3) is 0 Å². The third-order valence-corrected chi connectivity index (χ3v) is 5.17. The molecule has 1 aliphatic heterocycles. The van der Waals surface area contributed by atoms with Crippen molar-refractivity contribution in [1.82, 2.24) is 4.90 Å². The number of aliphatic hydroxyl groups excluding tert-OH is 1. The number of carbonyl (C=O) groups is 2. The summed E-state index contributed by atoms with van der Waals surface area (Å²) in [6, 6.07) is 0.0793. The predicted molar refractivity (Wildman–Crippen MR) is 111 cm³/mol. The number of ether oxygens (including phenoxy) is 1. The van der Waals surface area contributed by atoms with Crippen LogP contribution in [0.15, 0.2) is 12.2 Å². The van der Waals surface area contributed by atoms with Gasteiger partial charge in [-0.1, -0.05) is 38.8 Å². The summed E-state index contributed by atoms with van der Waals surface area (Å²) in [5.74, 6) is 6.36. The number of amides is 1. The molecule has 0 unspecified atom stereocenters. The molecular formula is C23H37NO4. The van der Waals surface area contributed by atoms with Crippen molar-refractivity contribution in [3.05, 3.63) is 12.2 Å². The average Bonchev–Trinajstić information content (AvgIpc) is 3.05. The fourth-order valence-electron chi connectivity index (χ4n) is 3.25. The molecule has 1 rings (SSSR count). The molecule has 3 atom stereocenters. The first-order chi connectivity index (χ1) is 13.5. The summed E-state index contributed by atoms with van der Waals surface area (Å²) in [6.45, 7) is 4.84. The van der Waals surface area contributed by atoms with Gasteiger partial charge in [-0.2, -0.15) is 0 Å². The lowest BCUT2D eigenvalue weighted by Crippen LogP contribution is -2.33.